The number of hydrogen-bond acceptors (Lipinski definition) is 8. The summed E-state index contributed by atoms with van der Waals surface area (Å²) in [6.45, 7) is 3.77. The number of aromatic nitrogens is 1. The topological polar surface area (TPSA) is 119 Å². The van der Waals surface area contributed by atoms with Crippen molar-refractivity contribution in [2.75, 3.05) is 44.0 Å². The van der Waals surface area contributed by atoms with E-state index < -0.39 is 5.91 Å². The van der Waals surface area contributed by atoms with Gasteiger partial charge >= 0.3 is 0 Å². The lowest BCUT2D eigenvalue weighted by molar-refractivity contribution is 0.0997. The van der Waals surface area contributed by atoms with Crippen molar-refractivity contribution in [2.45, 2.75) is 12.8 Å². The van der Waals surface area contributed by atoms with Crippen LogP contribution in [0.25, 0.3) is 0 Å². The quantitative estimate of drug-likeness (QED) is 0.404. The summed E-state index contributed by atoms with van der Waals surface area (Å²) in [7, 11) is 1.59. The molecule has 0 unspecified atom stereocenters. The molecule has 0 spiro atoms. The average Bonchev–Trinajstić information content (AvgIpc) is 3.50. The van der Waals surface area contributed by atoms with Gasteiger partial charge in [0.05, 0.1) is 7.11 Å². The number of amides is 2. The zero-order valence-electron chi connectivity index (χ0n) is 18.9. The Morgan fingerprint density at radius 3 is 2.38 bits per heavy atom. The van der Waals surface area contributed by atoms with Gasteiger partial charge in [-0.2, -0.15) is 0 Å². The maximum atomic E-state index is 12.8. The molecule has 1 saturated heterocycles. The van der Waals surface area contributed by atoms with Crippen molar-refractivity contribution in [3.8, 4) is 11.5 Å². The third kappa shape index (κ3) is 6.03. The number of primary amides is 1. The molecule has 1 fully saturated rings. The predicted octanol–water partition coefficient (Wildman–Crippen LogP) is 3.72. The van der Waals surface area contributed by atoms with Crippen LogP contribution in [0.2, 0.25) is 0 Å². The number of thiazole rings is 1. The second-order valence-electron chi connectivity index (χ2n) is 7.79. The Kier molecular flexibility index (Phi) is 7.61. The highest BCUT2D eigenvalue weighted by Gasteiger charge is 2.19. The van der Waals surface area contributed by atoms with Crippen molar-refractivity contribution in [1.29, 1.82) is 0 Å². The lowest BCUT2D eigenvalue weighted by Gasteiger charge is -2.15. The van der Waals surface area contributed by atoms with Gasteiger partial charge in [0, 0.05) is 17.8 Å². The van der Waals surface area contributed by atoms with Gasteiger partial charge in [-0.1, -0.05) is 11.3 Å². The van der Waals surface area contributed by atoms with Gasteiger partial charge in [0.15, 0.2) is 10.8 Å². The van der Waals surface area contributed by atoms with Crippen LogP contribution in [0.1, 0.15) is 33.7 Å². The van der Waals surface area contributed by atoms with Crippen LogP contribution in [-0.2, 0) is 0 Å². The number of rotatable bonds is 10. The molecule has 0 atom stereocenters. The highest BCUT2D eigenvalue weighted by molar-refractivity contribution is 7.20. The lowest BCUT2D eigenvalue weighted by Crippen LogP contribution is -2.25. The van der Waals surface area contributed by atoms with Crippen LogP contribution in [0.3, 0.4) is 0 Å². The predicted molar refractivity (Wildman–Crippen MR) is 132 cm³/mol. The van der Waals surface area contributed by atoms with Gasteiger partial charge < -0.3 is 25.8 Å². The Morgan fingerprint density at radius 2 is 1.74 bits per heavy atom. The Balaban J connectivity index is 1.37. The zero-order chi connectivity index (χ0) is 23.9. The van der Waals surface area contributed by atoms with Gasteiger partial charge in [-0.15, -0.1) is 0 Å². The molecule has 0 bridgehead atoms. The van der Waals surface area contributed by atoms with E-state index in [2.05, 4.69) is 20.5 Å². The molecule has 2 aromatic carbocycles. The first-order valence-electron chi connectivity index (χ1n) is 11.0. The molecule has 2 amide bonds. The summed E-state index contributed by atoms with van der Waals surface area (Å²) < 4.78 is 10.9. The molecular weight excluding hydrogens is 454 g/mol. The van der Waals surface area contributed by atoms with E-state index in [0.29, 0.717) is 23.1 Å². The molecule has 10 heteroatoms. The molecule has 3 aromatic rings. The number of carbonyl (C=O) groups excluding carboxylic acids is 2. The SMILES string of the molecule is COc1ccc(Nc2nc(C(N)=O)c(NC(=O)c3ccc(OCCN4CCCC4)cc3)s2)cc1. The van der Waals surface area contributed by atoms with Crippen molar-refractivity contribution in [3.05, 3.63) is 59.8 Å². The van der Waals surface area contributed by atoms with Crippen molar-refractivity contribution in [1.82, 2.24) is 9.88 Å². The fraction of sp³-hybridized carbons (Fsp3) is 0.292. The van der Waals surface area contributed by atoms with E-state index in [0.717, 1.165) is 42.4 Å². The van der Waals surface area contributed by atoms with Crippen molar-refractivity contribution >= 4 is 39.0 Å². The highest BCUT2D eigenvalue weighted by Crippen LogP contribution is 2.31. The standard InChI is InChI=1S/C24H27N5O4S/c1-32-18-10-6-17(7-11-18)26-24-27-20(21(25)30)23(34-24)28-22(31)16-4-8-19(9-5-16)33-15-14-29-12-2-3-13-29/h4-11H,2-3,12-15H2,1H3,(H2,25,30)(H,26,27)(H,28,31). The van der Waals surface area contributed by atoms with Crippen LogP contribution in [-0.4, -0.2) is 55.0 Å². The first-order chi connectivity index (χ1) is 16.5. The normalized spacial score (nSPS) is 13.4. The molecule has 0 saturated carbocycles. The molecule has 2 heterocycles. The van der Waals surface area contributed by atoms with Crippen LogP contribution in [0, 0.1) is 0 Å². The first kappa shape index (κ1) is 23.5. The number of hydrogen-bond donors (Lipinski definition) is 3. The minimum absolute atomic E-state index is 0.00349. The lowest BCUT2D eigenvalue weighted by atomic mass is 10.2. The first-order valence-corrected chi connectivity index (χ1v) is 11.8. The van der Waals surface area contributed by atoms with Gasteiger partial charge in [0.2, 0.25) is 0 Å². The maximum Gasteiger partial charge on any atom is 0.270 e. The minimum atomic E-state index is -0.726. The molecular formula is C24H27N5O4S. The maximum absolute atomic E-state index is 12.8. The van der Waals surface area contributed by atoms with Crippen molar-refractivity contribution in [2.24, 2.45) is 5.73 Å². The van der Waals surface area contributed by atoms with Crippen LogP contribution in [0.5, 0.6) is 11.5 Å². The van der Waals surface area contributed by atoms with E-state index in [1.807, 2.05) is 12.1 Å². The van der Waals surface area contributed by atoms with E-state index in [9.17, 15) is 9.59 Å². The molecule has 4 rings (SSSR count). The molecule has 0 aliphatic carbocycles. The van der Waals surface area contributed by atoms with Gasteiger partial charge in [-0.3, -0.25) is 14.5 Å². The van der Waals surface area contributed by atoms with Crippen LogP contribution in [0.4, 0.5) is 15.8 Å². The van der Waals surface area contributed by atoms with Gasteiger partial charge in [0.1, 0.15) is 23.1 Å². The number of likely N-dealkylation sites (tertiary alicyclic amines) is 1. The monoisotopic (exact) mass is 481 g/mol. The highest BCUT2D eigenvalue weighted by atomic mass is 32.1. The molecule has 1 aliphatic heterocycles. The third-order valence-corrected chi connectivity index (χ3v) is 6.31. The number of nitrogens with two attached hydrogens (primary N) is 1. The van der Waals surface area contributed by atoms with E-state index in [4.69, 9.17) is 15.2 Å². The van der Waals surface area contributed by atoms with E-state index in [1.165, 1.54) is 12.8 Å². The fourth-order valence-electron chi connectivity index (χ4n) is 3.60. The second kappa shape index (κ2) is 11.0. The van der Waals surface area contributed by atoms with Crippen molar-refractivity contribution < 1.29 is 19.1 Å². The van der Waals surface area contributed by atoms with Crippen LogP contribution < -0.4 is 25.8 Å². The summed E-state index contributed by atoms with van der Waals surface area (Å²) in [6, 6.07) is 14.1. The summed E-state index contributed by atoms with van der Waals surface area (Å²) in [5.41, 5.74) is 6.66. The summed E-state index contributed by atoms with van der Waals surface area (Å²) in [5.74, 6) is 0.331. The molecule has 9 nitrogen and oxygen atoms in total. The number of nitrogens with zero attached hydrogens (tertiary/aromatic N) is 2. The average molecular weight is 482 g/mol. The van der Waals surface area contributed by atoms with Crippen LogP contribution >= 0.6 is 11.3 Å². The molecule has 4 N–H and O–H groups in total. The van der Waals surface area contributed by atoms with Gasteiger partial charge in [-0.05, 0) is 74.5 Å². The summed E-state index contributed by atoms with van der Waals surface area (Å²) in [5, 5.41) is 6.55. The van der Waals surface area contributed by atoms with Crippen LogP contribution in [0.15, 0.2) is 48.5 Å². The number of ether oxygens (including phenoxy) is 2. The van der Waals surface area contributed by atoms with E-state index >= 15 is 0 Å². The number of benzene rings is 2. The number of anilines is 3. The molecule has 0 radical (unpaired) electrons. The van der Waals surface area contributed by atoms with E-state index in [1.54, 1.807) is 43.5 Å². The molecule has 1 aliphatic rings. The second-order valence-corrected chi connectivity index (χ2v) is 8.79. The Bertz CT molecular complexity index is 1130. The van der Waals surface area contributed by atoms with E-state index in [-0.39, 0.29) is 16.6 Å². The third-order valence-electron chi connectivity index (χ3n) is 5.42. The number of carbonyl (C=O) groups is 2. The molecule has 178 valence electrons. The minimum Gasteiger partial charge on any atom is -0.497 e. The number of methoxy groups -OCH3 is 1. The summed E-state index contributed by atoms with van der Waals surface area (Å²) in [6.07, 6.45) is 2.50. The smallest absolute Gasteiger partial charge is 0.270 e. The van der Waals surface area contributed by atoms with Gasteiger partial charge in [0.25, 0.3) is 11.8 Å². The Labute approximate surface area is 201 Å². The molecule has 34 heavy (non-hydrogen) atoms. The Morgan fingerprint density at radius 1 is 1.06 bits per heavy atom. The summed E-state index contributed by atoms with van der Waals surface area (Å²) in [4.78, 5) is 31.3. The largest absolute Gasteiger partial charge is 0.497 e. The van der Waals surface area contributed by atoms with Gasteiger partial charge in [-0.25, -0.2) is 4.98 Å². The molecule has 1 aromatic heterocycles. The fourth-order valence-corrected chi connectivity index (χ4v) is 4.49. The summed E-state index contributed by atoms with van der Waals surface area (Å²) >= 11 is 1.13. The Hall–Kier alpha value is -3.63. The number of nitrogens with one attached hydrogen (secondary N) is 2. The van der Waals surface area contributed by atoms with Crippen molar-refractivity contribution in [3.63, 3.8) is 0 Å². The zero-order valence-corrected chi connectivity index (χ0v) is 19.7.